The summed E-state index contributed by atoms with van der Waals surface area (Å²) in [4.78, 5) is 23.1. The number of rotatable bonds is 4. The van der Waals surface area contributed by atoms with Gasteiger partial charge in [-0.15, -0.1) is 0 Å². The standard InChI is InChI=1S/C13H18F3N3O4/c1-11(2,3)23-10(22)17-12(4,9(20)21)7-19-6-5-8(18-19)13(14,15)16/h5-6H,7H2,1-4H3,(H,17,22)(H,20,21). The van der Waals surface area contributed by atoms with Crippen LogP contribution in [-0.2, 0) is 22.3 Å². The molecule has 0 saturated heterocycles. The van der Waals surface area contributed by atoms with E-state index in [1.807, 2.05) is 0 Å². The van der Waals surface area contributed by atoms with Gasteiger partial charge in [0.15, 0.2) is 11.2 Å². The minimum atomic E-state index is -4.64. The van der Waals surface area contributed by atoms with Gasteiger partial charge in [0.1, 0.15) is 5.60 Å². The van der Waals surface area contributed by atoms with Crippen molar-refractivity contribution in [3.63, 3.8) is 0 Å². The third-order valence-electron chi connectivity index (χ3n) is 2.66. The van der Waals surface area contributed by atoms with E-state index in [1.54, 1.807) is 20.8 Å². The zero-order valence-corrected chi connectivity index (χ0v) is 13.1. The van der Waals surface area contributed by atoms with Gasteiger partial charge in [0.2, 0.25) is 0 Å². The molecule has 0 aliphatic rings. The van der Waals surface area contributed by atoms with Crippen LogP contribution in [-0.4, -0.2) is 38.1 Å². The molecule has 1 aromatic rings. The molecule has 1 aromatic heterocycles. The van der Waals surface area contributed by atoms with E-state index in [9.17, 15) is 27.9 Å². The van der Waals surface area contributed by atoms with Crippen LogP contribution in [0.5, 0.6) is 0 Å². The van der Waals surface area contributed by atoms with Crippen molar-refractivity contribution in [1.29, 1.82) is 0 Å². The number of carbonyl (C=O) groups is 2. The van der Waals surface area contributed by atoms with E-state index in [1.165, 1.54) is 0 Å². The molecule has 2 N–H and O–H groups in total. The lowest BCUT2D eigenvalue weighted by Crippen LogP contribution is -2.56. The third kappa shape index (κ3) is 5.46. The highest BCUT2D eigenvalue weighted by molar-refractivity contribution is 5.83. The topological polar surface area (TPSA) is 93.5 Å². The summed E-state index contributed by atoms with van der Waals surface area (Å²) in [5.41, 5.74) is -3.89. The maximum atomic E-state index is 12.5. The lowest BCUT2D eigenvalue weighted by Gasteiger charge is -2.28. The van der Waals surface area contributed by atoms with Crippen LogP contribution >= 0.6 is 0 Å². The van der Waals surface area contributed by atoms with Gasteiger partial charge in [-0.05, 0) is 33.8 Å². The zero-order chi connectivity index (χ0) is 18.1. The second-order valence-electron chi connectivity index (χ2n) is 6.16. The number of nitrogens with one attached hydrogen (secondary N) is 1. The minimum absolute atomic E-state index is 0.502. The van der Waals surface area contributed by atoms with Crippen molar-refractivity contribution < 1.29 is 32.6 Å². The van der Waals surface area contributed by atoms with Crippen LogP contribution in [0.3, 0.4) is 0 Å². The Morgan fingerprint density at radius 3 is 2.26 bits per heavy atom. The van der Waals surface area contributed by atoms with E-state index >= 15 is 0 Å². The number of alkyl halides is 3. The maximum absolute atomic E-state index is 12.5. The number of aromatic nitrogens is 2. The van der Waals surface area contributed by atoms with E-state index in [-0.39, 0.29) is 0 Å². The molecule has 1 atom stereocenters. The van der Waals surface area contributed by atoms with Crippen molar-refractivity contribution in [2.24, 2.45) is 0 Å². The van der Waals surface area contributed by atoms with Crippen molar-refractivity contribution in [2.45, 2.75) is 51.6 Å². The highest BCUT2D eigenvalue weighted by atomic mass is 19.4. The van der Waals surface area contributed by atoms with Crippen LogP contribution in [0.15, 0.2) is 12.3 Å². The Morgan fingerprint density at radius 2 is 1.87 bits per heavy atom. The number of carboxylic acids is 1. The third-order valence-corrected chi connectivity index (χ3v) is 2.66. The van der Waals surface area contributed by atoms with Crippen LogP contribution in [0.1, 0.15) is 33.4 Å². The first-order valence-corrected chi connectivity index (χ1v) is 6.58. The Hall–Kier alpha value is -2.26. The lowest BCUT2D eigenvalue weighted by atomic mass is 10.0. The van der Waals surface area contributed by atoms with E-state index in [0.29, 0.717) is 0 Å². The molecule has 0 aromatic carbocycles. The highest BCUT2D eigenvalue weighted by Crippen LogP contribution is 2.27. The molecule has 23 heavy (non-hydrogen) atoms. The summed E-state index contributed by atoms with van der Waals surface area (Å²) in [6.45, 7) is 5.42. The minimum Gasteiger partial charge on any atom is -0.479 e. The zero-order valence-electron chi connectivity index (χ0n) is 13.1. The van der Waals surface area contributed by atoms with Crippen molar-refractivity contribution >= 4 is 12.1 Å². The van der Waals surface area contributed by atoms with Gasteiger partial charge in [0.25, 0.3) is 0 Å². The number of ether oxygens (including phenoxy) is 1. The second kappa shape index (κ2) is 6.09. The smallest absolute Gasteiger partial charge is 0.435 e. The fourth-order valence-electron chi connectivity index (χ4n) is 1.61. The number of carbonyl (C=O) groups excluding carboxylic acids is 1. The summed E-state index contributed by atoms with van der Waals surface area (Å²) in [6.07, 6.45) is -4.64. The van der Waals surface area contributed by atoms with Gasteiger partial charge in [0.05, 0.1) is 6.54 Å². The highest BCUT2D eigenvalue weighted by Gasteiger charge is 2.39. The molecule has 0 saturated carbocycles. The summed E-state index contributed by atoms with van der Waals surface area (Å²) in [7, 11) is 0. The molecule has 1 rings (SSSR count). The Bertz CT molecular complexity index is 592. The monoisotopic (exact) mass is 337 g/mol. The molecule has 0 spiro atoms. The number of aliphatic carboxylic acids is 1. The van der Waals surface area contributed by atoms with E-state index in [2.05, 4.69) is 10.4 Å². The summed E-state index contributed by atoms with van der Waals surface area (Å²) in [5, 5.41) is 14.7. The molecule has 1 amide bonds. The Balaban J connectivity index is 2.91. The molecule has 7 nitrogen and oxygen atoms in total. The largest absolute Gasteiger partial charge is 0.479 e. The summed E-state index contributed by atoms with van der Waals surface area (Å²) in [6, 6.07) is 0.718. The predicted octanol–water partition coefficient (Wildman–Crippen LogP) is 2.27. The fraction of sp³-hybridized carbons (Fsp3) is 0.615. The fourth-order valence-corrected chi connectivity index (χ4v) is 1.61. The summed E-state index contributed by atoms with van der Waals surface area (Å²) < 4.78 is 43.3. The van der Waals surface area contributed by atoms with Gasteiger partial charge in [-0.3, -0.25) is 4.68 Å². The molecule has 0 fully saturated rings. The van der Waals surface area contributed by atoms with Crippen LogP contribution in [0.2, 0.25) is 0 Å². The molecule has 130 valence electrons. The van der Waals surface area contributed by atoms with Crippen LogP contribution < -0.4 is 5.32 Å². The first-order valence-electron chi connectivity index (χ1n) is 6.58. The summed E-state index contributed by atoms with van der Waals surface area (Å²) in [5.74, 6) is -1.44. The van der Waals surface area contributed by atoms with Crippen LogP contribution in [0.4, 0.5) is 18.0 Å². The molecule has 1 heterocycles. The van der Waals surface area contributed by atoms with Gasteiger partial charge in [0, 0.05) is 6.20 Å². The average molecular weight is 337 g/mol. The number of halogens is 3. The maximum Gasteiger partial charge on any atom is 0.435 e. The normalized spacial score (nSPS) is 14.9. The lowest BCUT2D eigenvalue weighted by molar-refractivity contribution is -0.145. The molecule has 0 bridgehead atoms. The van der Waals surface area contributed by atoms with Gasteiger partial charge < -0.3 is 15.2 Å². The number of nitrogens with zero attached hydrogens (tertiary/aromatic N) is 2. The van der Waals surface area contributed by atoms with Crippen LogP contribution in [0.25, 0.3) is 0 Å². The van der Waals surface area contributed by atoms with Crippen molar-refractivity contribution in [2.75, 3.05) is 0 Å². The Kier molecular flexibility index (Phi) is 4.97. The van der Waals surface area contributed by atoms with Gasteiger partial charge in [-0.1, -0.05) is 0 Å². The molecular formula is C13H18F3N3O4. The van der Waals surface area contributed by atoms with Gasteiger partial charge in [-0.25, -0.2) is 9.59 Å². The predicted molar refractivity (Wildman–Crippen MR) is 72.6 cm³/mol. The molecule has 10 heteroatoms. The van der Waals surface area contributed by atoms with Gasteiger partial charge in [-0.2, -0.15) is 18.3 Å². The quantitative estimate of drug-likeness (QED) is 0.879. The van der Waals surface area contributed by atoms with E-state index in [0.717, 1.165) is 23.9 Å². The van der Waals surface area contributed by atoms with E-state index < -0.39 is 41.6 Å². The molecule has 0 radical (unpaired) electrons. The Labute approximate surface area is 130 Å². The van der Waals surface area contributed by atoms with Gasteiger partial charge >= 0.3 is 18.2 Å². The number of alkyl carbamates (subject to hydrolysis) is 1. The number of amides is 1. The molecule has 1 unspecified atom stereocenters. The average Bonchev–Trinajstić information content (AvgIpc) is 2.73. The number of hydrogen-bond acceptors (Lipinski definition) is 4. The molecule has 0 aliphatic carbocycles. The van der Waals surface area contributed by atoms with Crippen molar-refractivity contribution in [3.05, 3.63) is 18.0 Å². The second-order valence-corrected chi connectivity index (χ2v) is 6.16. The number of hydrogen-bond donors (Lipinski definition) is 2. The molecule has 0 aliphatic heterocycles. The van der Waals surface area contributed by atoms with Crippen molar-refractivity contribution in [1.82, 2.24) is 15.1 Å². The SMILES string of the molecule is CC(C)(C)OC(=O)NC(C)(Cn1ccc(C(F)(F)F)n1)C(=O)O. The summed E-state index contributed by atoms with van der Waals surface area (Å²) >= 11 is 0. The molecular weight excluding hydrogens is 319 g/mol. The van der Waals surface area contributed by atoms with Crippen LogP contribution in [0, 0.1) is 0 Å². The number of carboxylic acid groups (broad SMARTS) is 1. The Morgan fingerprint density at radius 1 is 1.30 bits per heavy atom. The first kappa shape index (κ1) is 18.8. The van der Waals surface area contributed by atoms with Crippen molar-refractivity contribution in [3.8, 4) is 0 Å². The first-order chi connectivity index (χ1) is 10.2. The van der Waals surface area contributed by atoms with E-state index in [4.69, 9.17) is 4.74 Å².